The molecule has 0 radical (unpaired) electrons. The van der Waals surface area contributed by atoms with Crippen LogP contribution in [-0.4, -0.2) is 53.8 Å². The van der Waals surface area contributed by atoms with Crippen molar-refractivity contribution in [1.29, 1.82) is 0 Å². The molecule has 0 spiro atoms. The van der Waals surface area contributed by atoms with Crippen LogP contribution in [0.5, 0.6) is 0 Å². The summed E-state index contributed by atoms with van der Waals surface area (Å²) in [4.78, 5) is 25.4. The maximum Gasteiger partial charge on any atom is 0.404 e. The van der Waals surface area contributed by atoms with Crippen molar-refractivity contribution < 1.29 is 19.4 Å². The van der Waals surface area contributed by atoms with E-state index in [1.165, 1.54) is 0 Å². The summed E-state index contributed by atoms with van der Waals surface area (Å²) in [5.41, 5.74) is 0. The first-order chi connectivity index (χ1) is 9.99. The van der Waals surface area contributed by atoms with Crippen LogP contribution in [0.1, 0.15) is 39.5 Å². The number of amides is 2. The number of hydrogen-bond donors (Lipinski definition) is 2. The topological polar surface area (TPSA) is 78.9 Å². The van der Waals surface area contributed by atoms with Gasteiger partial charge in [0.1, 0.15) is 0 Å². The minimum absolute atomic E-state index is 0.00265. The minimum atomic E-state index is -0.974. The van der Waals surface area contributed by atoms with Crippen molar-refractivity contribution in [3.8, 4) is 0 Å². The third kappa shape index (κ3) is 4.09. The Morgan fingerprint density at radius 2 is 1.90 bits per heavy atom. The molecular weight excluding hydrogens is 272 g/mol. The fraction of sp³-hybridized carbons (Fsp3) is 0.867. The van der Waals surface area contributed by atoms with Gasteiger partial charge in [0.2, 0.25) is 5.91 Å². The molecule has 1 aliphatic carbocycles. The molecule has 2 N–H and O–H groups in total. The van der Waals surface area contributed by atoms with Crippen molar-refractivity contribution >= 4 is 12.0 Å². The van der Waals surface area contributed by atoms with Gasteiger partial charge in [0, 0.05) is 18.5 Å². The SMILES string of the molecule is CC(C)[C@H]1COCCN1C(=O)[C@H]1CC[C@H](NC(=O)O)CC1. The number of carbonyl (C=O) groups excluding carboxylic acids is 1. The molecule has 0 aromatic carbocycles. The van der Waals surface area contributed by atoms with Crippen LogP contribution in [0.3, 0.4) is 0 Å². The summed E-state index contributed by atoms with van der Waals surface area (Å²) in [7, 11) is 0. The van der Waals surface area contributed by atoms with E-state index in [9.17, 15) is 9.59 Å². The Hall–Kier alpha value is -1.30. The molecule has 0 bridgehead atoms. The number of hydrogen-bond acceptors (Lipinski definition) is 3. The Balaban J connectivity index is 1.90. The van der Waals surface area contributed by atoms with Crippen molar-refractivity contribution in [3.63, 3.8) is 0 Å². The van der Waals surface area contributed by atoms with Crippen LogP contribution in [-0.2, 0) is 9.53 Å². The summed E-state index contributed by atoms with van der Waals surface area (Å²) in [6.45, 7) is 6.15. The average Bonchev–Trinajstić information content (AvgIpc) is 2.46. The van der Waals surface area contributed by atoms with Gasteiger partial charge in [-0.05, 0) is 31.6 Å². The number of carboxylic acid groups (broad SMARTS) is 1. The predicted octanol–water partition coefficient (Wildman–Crippen LogP) is 1.70. The van der Waals surface area contributed by atoms with Gasteiger partial charge in [0.25, 0.3) is 0 Å². The normalized spacial score (nSPS) is 30.2. The minimum Gasteiger partial charge on any atom is -0.465 e. The molecule has 6 heteroatoms. The molecule has 1 saturated carbocycles. The number of nitrogens with zero attached hydrogens (tertiary/aromatic N) is 1. The Labute approximate surface area is 125 Å². The van der Waals surface area contributed by atoms with E-state index in [-0.39, 0.29) is 23.9 Å². The highest BCUT2D eigenvalue weighted by Gasteiger charge is 2.35. The average molecular weight is 298 g/mol. The van der Waals surface area contributed by atoms with Crippen LogP contribution < -0.4 is 5.32 Å². The van der Waals surface area contributed by atoms with Gasteiger partial charge in [-0.1, -0.05) is 13.8 Å². The monoisotopic (exact) mass is 298 g/mol. The Morgan fingerprint density at radius 3 is 2.48 bits per heavy atom. The molecule has 1 atom stereocenters. The summed E-state index contributed by atoms with van der Waals surface area (Å²) < 4.78 is 5.50. The Bertz CT molecular complexity index is 378. The van der Waals surface area contributed by atoms with Crippen LogP contribution in [0.15, 0.2) is 0 Å². The fourth-order valence-corrected chi connectivity index (χ4v) is 3.34. The third-order valence-corrected chi connectivity index (χ3v) is 4.62. The van der Waals surface area contributed by atoms with Gasteiger partial charge >= 0.3 is 6.09 Å². The van der Waals surface area contributed by atoms with E-state index in [1.807, 2.05) is 4.90 Å². The molecule has 1 saturated heterocycles. The van der Waals surface area contributed by atoms with Crippen LogP contribution in [0.2, 0.25) is 0 Å². The maximum absolute atomic E-state index is 12.7. The van der Waals surface area contributed by atoms with Crippen molar-refractivity contribution in [1.82, 2.24) is 10.2 Å². The summed E-state index contributed by atoms with van der Waals surface area (Å²) in [5.74, 6) is 0.654. The largest absolute Gasteiger partial charge is 0.465 e. The number of rotatable bonds is 3. The predicted molar refractivity (Wildman–Crippen MR) is 78.1 cm³/mol. The van der Waals surface area contributed by atoms with Gasteiger partial charge in [0.15, 0.2) is 0 Å². The molecule has 1 aliphatic heterocycles. The van der Waals surface area contributed by atoms with Crippen molar-refractivity contribution in [3.05, 3.63) is 0 Å². The van der Waals surface area contributed by atoms with Crippen LogP contribution >= 0.6 is 0 Å². The summed E-state index contributed by atoms with van der Waals surface area (Å²) in [6.07, 6.45) is 2.06. The smallest absolute Gasteiger partial charge is 0.404 e. The zero-order valence-corrected chi connectivity index (χ0v) is 12.9. The standard InChI is InChI=1S/C15H26N2O4/c1-10(2)13-9-21-8-7-17(13)14(18)11-3-5-12(6-4-11)16-15(19)20/h10-13,16H,3-9H2,1-2H3,(H,19,20)/t11-,12-,13-/m1/s1. The lowest BCUT2D eigenvalue weighted by Gasteiger charge is -2.41. The van der Waals surface area contributed by atoms with E-state index in [0.717, 1.165) is 25.7 Å². The van der Waals surface area contributed by atoms with Gasteiger partial charge in [-0.15, -0.1) is 0 Å². The van der Waals surface area contributed by atoms with E-state index in [0.29, 0.717) is 25.7 Å². The van der Waals surface area contributed by atoms with E-state index in [2.05, 4.69) is 19.2 Å². The van der Waals surface area contributed by atoms with Crippen molar-refractivity contribution in [2.45, 2.75) is 51.6 Å². The first-order valence-electron chi connectivity index (χ1n) is 7.86. The van der Waals surface area contributed by atoms with E-state index in [4.69, 9.17) is 9.84 Å². The molecule has 0 aromatic rings. The van der Waals surface area contributed by atoms with Gasteiger partial charge in [-0.2, -0.15) is 0 Å². The zero-order valence-electron chi connectivity index (χ0n) is 12.9. The Kier molecular flexibility index (Phi) is 5.45. The second kappa shape index (κ2) is 7.11. The third-order valence-electron chi connectivity index (χ3n) is 4.62. The summed E-state index contributed by atoms with van der Waals surface area (Å²) in [6, 6.07) is 0.165. The molecule has 2 rings (SSSR count). The molecule has 2 fully saturated rings. The van der Waals surface area contributed by atoms with Gasteiger partial charge in [0.05, 0.1) is 19.3 Å². The van der Waals surface area contributed by atoms with Crippen molar-refractivity contribution in [2.75, 3.05) is 19.8 Å². The fourth-order valence-electron chi connectivity index (χ4n) is 3.34. The molecule has 6 nitrogen and oxygen atoms in total. The van der Waals surface area contributed by atoms with E-state index in [1.54, 1.807) is 0 Å². The number of ether oxygens (including phenoxy) is 1. The number of carbonyl (C=O) groups is 2. The molecule has 21 heavy (non-hydrogen) atoms. The quantitative estimate of drug-likeness (QED) is 0.831. The van der Waals surface area contributed by atoms with Gasteiger partial charge in [-0.25, -0.2) is 4.79 Å². The second-order valence-corrected chi connectivity index (χ2v) is 6.42. The summed E-state index contributed by atoms with van der Waals surface area (Å²) in [5, 5.41) is 11.3. The highest BCUT2D eigenvalue weighted by molar-refractivity contribution is 5.79. The molecule has 0 aromatic heterocycles. The lowest BCUT2D eigenvalue weighted by atomic mass is 9.84. The second-order valence-electron chi connectivity index (χ2n) is 6.42. The number of nitrogens with one attached hydrogen (secondary N) is 1. The molecular formula is C15H26N2O4. The Morgan fingerprint density at radius 1 is 1.24 bits per heavy atom. The van der Waals surface area contributed by atoms with Crippen LogP contribution in [0.4, 0.5) is 4.79 Å². The first-order valence-corrected chi connectivity index (χ1v) is 7.86. The highest BCUT2D eigenvalue weighted by Crippen LogP contribution is 2.28. The van der Waals surface area contributed by atoms with Crippen LogP contribution in [0.25, 0.3) is 0 Å². The van der Waals surface area contributed by atoms with Crippen LogP contribution in [0, 0.1) is 11.8 Å². The summed E-state index contributed by atoms with van der Waals surface area (Å²) >= 11 is 0. The highest BCUT2D eigenvalue weighted by atomic mass is 16.5. The van der Waals surface area contributed by atoms with E-state index < -0.39 is 6.09 Å². The first kappa shape index (κ1) is 16.1. The molecule has 0 unspecified atom stereocenters. The lowest BCUT2D eigenvalue weighted by molar-refractivity contribution is -0.147. The maximum atomic E-state index is 12.7. The van der Waals surface area contributed by atoms with E-state index >= 15 is 0 Å². The zero-order chi connectivity index (χ0) is 15.4. The molecule has 1 heterocycles. The molecule has 120 valence electrons. The number of morpholine rings is 1. The molecule has 2 amide bonds. The lowest BCUT2D eigenvalue weighted by Crippen LogP contribution is -2.53. The van der Waals surface area contributed by atoms with Gasteiger partial charge in [-0.3, -0.25) is 4.79 Å². The van der Waals surface area contributed by atoms with Gasteiger partial charge < -0.3 is 20.1 Å². The van der Waals surface area contributed by atoms with Crippen molar-refractivity contribution in [2.24, 2.45) is 11.8 Å². The molecule has 2 aliphatic rings.